The summed E-state index contributed by atoms with van der Waals surface area (Å²) < 4.78 is 44.7. The van der Waals surface area contributed by atoms with Crippen LogP contribution in [0.1, 0.15) is 72.8 Å². The van der Waals surface area contributed by atoms with Gasteiger partial charge in [-0.1, -0.05) is 18.9 Å². The summed E-state index contributed by atoms with van der Waals surface area (Å²) in [5, 5.41) is 0. The van der Waals surface area contributed by atoms with Crippen molar-refractivity contribution in [3.05, 3.63) is 35.4 Å². The molecule has 0 spiro atoms. The third-order valence-corrected chi connectivity index (χ3v) is 7.39. The molecule has 0 amide bonds. The van der Waals surface area contributed by atoms with Gasteiger partial charge in [-0.2, -0.15) is 0 Å². The van der Waals surface area contributed by atoms with Crippen LogP contribution in [0.25, 0.3) is 0 Å². The monoisotopic (exact) mass is 402 g/mol. The van der Waals surface area contributed by atoms with Gasteiger partial charge in [0.15, 0.2) is 11.6 Å². The highest BCUT2D eigenvalue weighted by molar-refractivity contribution is 6.60. The average Bonchev–Trinajstić information content (AvgIpc) is 2.52. The quantitative estimate of drug-likeness (QED) is 0.287. The lowest BCUT2D eigenvalue weighted by Gasteiger charge is -2.34. The van der Waals surface area contributed by atoms with E-state index in [4.69, 9.17) is 13.3 Å². The molecular weight excluding hydrogens is 366 g/mol. The van der Waals surface area contributed by atoms with Crippen LogP contribution in [-0.2, 0) is 19.7 Å². The normalized spacial score (nSPS) is 12.6. The maximum absolute atomic E-state index is 13.2. The van der Waals surface area contributed by atoms with E-state index in [-0.39, 0.29) is 18.3 Å². The maximum Gasteiger partial charge on any atom is 0.501 e. The van der Waals surface area contributed by atoms with Crippen molar-refractivity contribution in [3.8, 4) is 0 Å². The minimum absolute atomic E-state index is 0.0579. The molecule has 0 unspecified atom stereocenters. The van der Waals surface area contributed by atoms with E-state index in [2.05, 4.69) is 0 Å². The molecule has 0 heterocycles. The van der Waals surface area contributed by atoms with Gasteiger partial charge >= 0.3 is 8.80 Å². The fraction of sp³-hybridized carbons (Fsp3) is 0.714. The number of hydrogen-bond acceptors (Lipinski definition) is 3. The first kappa shape index (κ1) is 24.2. The molecule has 0 aromatic heterocycles. The van der Waals surface area contributed by atoms with Crippen molar-refractivity contribution in [1.82, 2.24) is 0 Å². The zero-order chi connectivity index (χ0) is 20.4. The van der Waals surface area contributed by atoms with E-state index in [0.717, 1.165) is 43.7 Å². The van der Waals surface area contributed by atoms with Gasteiger partial charge < -0.3 is 13.3 Å². The minimum Gasteiger partial charge on any atom is -0.371 e. The van der Waals surface area contributed by atoms with E-state index in [1.54, 1.807) is 6.07 Å². The Kier molecular flexibility index (Phi) is 10.7. The third-order valence-electron chi connectivity index (χ3n) is 3.93. The van der Waals surface area contributed by atoms with Crippen LogP contribution in [0.15, 0.2) is 18.2 Å². The topological polar surface area (TPSA) is 27.7 Å². The Morgan fingerprint density at radius 3 is 1.74 bits per heavy atom. The van der Waals surface area contributed by atoms with Crippen molar-refractivity contribution in [2.24, 2.45) is 0 Å². The smallest absolute Gasteiger partial charge is 0.371 e. The Balaban J connectivity index is 2.48. The molecule has 0 N–H and O–H groups in total. The molecule has 0 bridgehead atoms. The fourth-order valence-electron chi connectivity index (χ4n) is 3.06. The molecule has 1 rings (SSSR count). The highest BCUT2D eigenvalue weighted by atomic mass is 28.4. The standard InChI is InChI=1S/C21H36F2O3Si/c1-16(2)24-27(25-17(3)4,26-18(5)6)14-10-8-7-9-11-19-12-13-20(22)21(23)15-19/h12-13,15-18H,7-11,14H2,1-6H3. The molecule has 0 aliphatic carbocycles. The molecule has 156 valence electrons. The van der Waals surface area contributed by atoms with E-state index in [1.165, 1.54) is 12.1 Å². The zero-order valence-electron chi connectivity index (χ0n) is 17.7. The van der Waals surface area contributed by atoms with Gasteiger partial charge in [0.1, 0.15) is 0 Å². The zero-order valence-corrected chi connectivity index (χ0v) is 18.7. The Morgan fingerprint density at radius 2 is 1.26 bits per heavy atom. The van der Waals surface area contributed by atoms with Crippen LogP contribution in [0, 0.1) is 11.6 Å². The maximum atomic E-state index is 13.2. The first-order chi connectivity index (χ1) is 12.6. The van der Waals surface area contributed by atoms with Crippen molar-refractivity contribution in [3.63, 3.8) is 0 Å². The molecule has 0 saturated heterocycles. The summed E-state index contributed by atoms with van der Waals surface area (Å²) in [4.78, 5) is 0. The van der Waals surface area contributed by atoms with Crippen LogP contribution in [-0.4, -0.2) is 27.1 Å². The van der Waals surface area contributed by atoms with E-state index >= 15 is 0 Å². The number of rotatable bonds is 13. The molecule has 0 fully saturated rings. The Labute approximate surface area is 164 Å². The Bertz CT molecular complexity index is 524. The summed E-state index contributed by atoms with van der Waals surface area (Å²) in [6.45, 7) is 12.1. The van der Waals surface area contributed by atoms with E-state index in [0.29, 0.717) is 0 Å². The number of benzene rings is 1. The van der Waals surface area contributed by atoms with Crippen molar-refractivity contribution >= 4 is 8.80 Å². The predicted molar refractivity (Wildman–Crippen MR) is 108 cm³/mol. The van der Waals surface area contributed by atoms with Crippen LogP contribution < -0.4 is 0 Å². The predicted octanol–water partition coefficient (Wildman–Crippen LogP) is 6.28. The van der Waals surface area contributed by atoms with Crippen LogP contribution in [0.3, 0.4) is 0 Å². The second-order valence-corrected chi connectivity index (χ2v) is 10.4. The molecule has 1 aromatic rings. The summed E-state index contributed by atoms with van der Waals surface area (Å²) in [7, 11) is -2.71. The summed E-state index contributed by atoms with van der Waals surface area (Å²) in [6.07, 6.45) is 4.90. The second-order valence-electron chi connectivity index (χ2n) is 7.85. The second kappa shape index (κ2) is 11.9. The van der Waals surface area contributed by atoms with Gasteiger partial charge in [-0.05, 0) is 78.5 Å². The average molecular weight is 403 g/mol. The molecule has 27 heavy (non-hydrogen) atoms. The number of halogens is 2. The Hall–Kier alpha value is -0.823. The molecule has 0 saturated carbocycles. The van der Waals surface area contributed by atoms with Crippen molar-refractivity contribution in [2.45, 2.75) is 98.0 Å². The van der Waals surface area contributed by atoms with Gasteiger partial charge in [-0.25, -0.2) is 8.78 Å². The summed E-state index contributed by atoms with van der Waals surface area (Å²) >= 11 is 0. The minimum atomic E-state index is -2.71. The highest BCUT2D eigenvalue weighted by Crippen LogP contribution is 2.25. The molecule has 3 nitrogen and oxygen atoms in total. The number of hydrogen-bond donors (Lipinski definition) is 0. The third kappa shape index (κ3) is 9.79. The van der Waals surface area contributed by atoms with E-state index in [9.17, 15) is 8.78 Å². The van der Waals surface area contributed by atoms with Gasteiger partial charge in [0.05, 0.1) is 0 Å². The molecule has 0 atom stereocenters. The first-order valence-electron chi connectivity index (χ1n) is 10.1. The number of unbranched alkanes of at least 4 members (excludes halogenated alkanes) is 3. The van der Waals surface area contributed by atoms with E-state index < -0.39 is 20.4 Å². The summed E-state index contributed by atoms with van der Waals surface area (Å²) in [5.41, 5.74) is 0.840. The lowest BCUT2D eigenvalue weighted by Crippen LogP contribution is -2.50. The first-order valence-corrected chi connectivity index (χ1v) is 12.0. The fourth-order valence-corrected chi connectivity index (χ4v) is 6.41. The van der Waals surface area contributed by atoms with Crippen molar-refractivity contribution in [2.75, 3.05) is 0 Å². The Morgan fingerprint density at radius 1 is 0.741 bits per heavy atom. The van der Waals surface area contributed by atoms with Gasteiger partial charge in [0.2, 0.25) is 0 Å². The summed E-state index contributed by atoms with van der Waals surface area (Å²) in [6, 6.07) is 4.93. The molecular formula is C21H36F2O3Si. The molecule has 0 radical (unpaired) electrons. The molecule has 0 aliphatic rings. The van der Waals surface area contributed by atoms with Gasteiger partial charge in [0, 0.05) is 24.4 Å². The van der Waals surface area contributed by atoms with Crippen LogP contribution >= 0.6 is 0 Å². The lowest BCUT2D eigenvalue weighted by atomic mass is 10.1. The van der Waals surface area contributed by atoms with Gasteiger partial charge in [-0.3, -0.25) is 0 Å². The molecule has 1 aromatic carbocycles. The van der Waals surface area contributed by atoms with E-state index in [1.807, 2.05) is 41.5 Å². The van der Waals surface area contributed by atoms with Crippen molar-refractivity contribution < 1.29 is 22.1 Å². The summed E-state index contributed by atoms with van der Waals surface area (Å²) in [5.74, 6) is -1.56. The van der Waals surface area contributed by atoms with Crippen LogP contribution in [0.2, 0.25) is 6.04 Å². The largest absolute Gasteiger partial charge is 0.501 e. The van der Waals surface area contributed by atoms with Gasteiger partial charge in [0.25, 0.3) is 0 Å². The molecule has 0 aliphatic heterocycles. The van der Waals surface area contributed by atoms with Crippen LogP contribution in [0.4, 0.5) is 8.78 Å². The highest BCUT2D eigenvalue weighted by Gasteiger charge is 2.43. The lowest BCUT2D eigenvalue weighted by molar-refractivity contribution is 0.00278. The van der Waals surface area contributed by atoms with Crippen molar-refractivity contribution in [1.29, 1.82) is 0 Å². The van der Waals surface area contributed by atoms with Gasteiger partial charge in [-0.15, -0.1) is 0 Å². The van der Waals surface area contributed by atoms with Crippen LogP contribution in [0.5, 0.6) is 0 Å². The SMILES string of the molecule is CC(C)O[Si](CCCCCCc1ccc(F)c(F)c1)(OC(C)C)OC(C)C. The number of aryl methyl sites for hydroxylation is 1. The molecule has 6 heteroatoms.